The van der Waals surface area contributed by atoms with E-state index in [4.69, 9.17) is 9.52 Å². The van der Waals surface area contributed by atoms with E-state index >= 15 is 0 Å². The normalized spacial score (nSPS) is 18.0. The molecule has 1 aromatic carbocycles. The van der Waals surface area contributed by atoms with E-state index in [2.05, 4.69) is 10.2 Å². The Labute approximate surface area is 132 Å². The number of aryl methyl sites for hydroxylation is 1. The molecule has 7 nitrogen and oxygen atoms in total. The molecule has 0 aliphatic carbocycles. The van der Waals surface area contributed by atoms with Crippen molar-refractivity contribution in [3.05, 3.63) is 35.7 Å². The molecule has 1 aromatic heterocycles. The van der Waals surface area contributed by atoms with E-state index in [1.807, 2.05) is 0 Å². The van der Waals surface area contributed by atoms with Crippen LogP contribution in [-0.4, -0.2) is 45.2 Å². The van der Waals surface area contributed by atoms with Crippen LogP contribution in [0.1, 0.15) is 29.1 Å². The lowest BCUT2D eigenvalue weighted by Gasteiger charge is -2.30. The Bertz CT molecular complexity index is 723. The summed E-state index contributed by atoms with van der Waals surface area (Å²) in [5, 5.41) is 16.8. The Balaban J connectivity index is 1.74. The van der Waals surface area contributed by atoms with Crippen LogP contribution in [0.4, 0.5) is 0 Å². The van der Waals surface area contributed by atoms with Crippen LogP contribution in [0.25, 0.3) is 11.5 Å². The van der Waals surface area contributed by atoms with Crippen LogP contribution < -0.4 is 0 Å². The maximum absolute atomic E-state index is 12.5. The molecule has 0 spiro atoms. The Morgan fingerprint density at radius 3 is 2.61 bits per heavy atom. The number of carbonyl (C=O) groups is 2. The molecule has 1 fully saturated rings. The Hall–Kier alpha value is -2.70. The summed E-state index contributed by atoms with van der Waals surface area (Å²) >= 11 is 0. The molecule has 1 N–H and O–H groups in total. The van der Waals surface area contributed by atoms with Gasteiger partial charge in [0.25, 0.3) is 5.91 Å². The monoisotopic (exact) mass is 315 g/mol. The standard InChI is InChI=1S/C16H17N3O4/c1-10-17-18-14(23-10)11-4-6-12(7-5-11)15(20)19-8-2-3-13(9-19)16(21)22/h4-7,13H,2-3,8-9H2,1H3,(H,21,22)/t13-/m0/s1. The lowest BCUT2D eigenvalue weighted by molar-refractivity contribution is -0.143. The number of carboxylic acid groups (broad SMARTS) is 1. The molecule has 0 bridgehead atoms. The van der Waals surface area contributed by atoms with Crippen LogP contribution in [0.3, 0.4) is 0 Å². The second-order valence-electron chi connectivity index (χ2n) is 5.63. The molecular weight excluding hydrogens is 298 g/mol. The second-order valence-corrected chi connectivity index (χ2v) is 5.63. The molecule has 1 aliphatic rings. The van der Waals surface area contributed by atoms with Crippen LogP contribution in [0.15, 0.2) is 28.7 Å². The first kappa shape index (κ1) is 15.2. The van der Waals surface area contributed by atoms with E-state index in [0.717, 1.165) is 5.56 Å². The van der Waals surface area contributed by atoms with Crippen LogP contribution in [0.2, 0.25) is 0 Å². The van der Waals surface area contributed by atoms with Crippen molar-refractivity contribution in [2.75, 3.05) is 13.1 Å². The molecule has 0 unspecified atom stereocenters. The van der Waals surface area contributed by atoms with E-state index in [-0.39, 0.29) is 12.5 Å². The minimum Gasteiger partial charge on any atom is -0.481 e. The van der Waals surface area contributed by atoms with Gasteiger partial charge in [0.2, 0.25) is 11.8 Å². The number of aliphatic carboxylic acids is 1. The van der Waals surface area contributed by atoms with E-state index < -0.39 is 11.9 Å². The SMILES string of the molecule is Cc1nnc(-c2ccc(C(=O)N3CCC[C@H](C(=O)O)C3)cc2)o1. The predicted molar refractivity (Wildman–Crippen MR) is 80.7 cm³/mol. The molecule has 1 atom stereocenters. The zero-order valence-corrected chi connectivity index (χ0v) is 12.7. The Kier molecular flexibility index (Phi) is 4.10. The van der Waals surface area contributed by atoms with Crippen LogP contribution in [0.5, 0.6) is 0 Å². The number of likely N-dealkylation sites (tertiary alicyclic amines) is 1. The van der Waals surface area contributed by atoms with E-state index in [0.29, 0.717) is 36.7 Å². The van der Waals surface area contributed by atoms with Crippen molar-refractivity contribution in [2.24, 2.45) is 5.92 Å². The van der Waals surface area contributed by atoms with Gasteiger partial charge in [-0.25, -0.2) is 0 Å². The summed E-state index contributed by atoms with van der Waals surface area (Å²) in [6.45, 7) is 2.57. The van der Waals surface area contributed by atoms with Gasteiger partial charge in [0.1, 0.15) is 0 Å². The molecule has 0 saturated carbocycles. The number of hydrogen-bond acceptors (Lipinski definition) is 5. The highest BCUT2D eigenvalue weighted by molar-refractivity contribution is 5.95. The third-order valence-electron chi connectivity index (χ3n) is 3.96. The first-order valence-electron chi connectivity index (χ1n) is 7.47. The number of carbonyl (C=O) groups excluding carboxylic acids is 1. The fourth-order valence-corrected chi connectivity index (χ4v) is 2.71. The van der Waals surface area contributed by atoms with E-state index in [9.17, 15) is 9.59 Å². The molecule has 1 aliphatic heterocycles. The number of carboxylic acids is 1. The second kappa shape index (κ2) is 6.20. The van der Waals surface area contributed by atoms with Crippen LogP contribution in [0, 0.1) is 12.8 Å². The zero-order chi connectivity index (χ0) is 16.4. The number of piperidine rings is 1. The fraction of sp³-hybridized carbons (Fsp3) is 0.375. The van der Waals surface area contributed by atoms with Gasteiger partial charge in [-0.3, -0.25) is 9.59 Å². The highest BCUT2D eigenvalue weighted by Crippen LogP contribution is 2.21. The average Bonchev–Trinajstić information content (AvgIpc) is 3.01. The summed E-state index contributed by atoms with van der Waals surface area (Å²) < 4.78 is 5.34. The van der Waals surface area contributed by atoms with Crippen LogP contribution in [-0.2, 0) is 4.79 Å². The summed E-state index contributed by atoms with van der Waals surface area (Å²) in [6, 6.07) is 6.89. The van der Waals surface area contributed by atoms with Gasteiger partial charge in [0, 0.05) is 31.1 Å². The van der Waals surface area contributed by atoms with Crippen molar-refractivity contribution in [1.82, 2.24) is 15.1 Å². The summed E-state index contributed by atoms with van der Waals surface area (Å²) in [5.74, 6) is -0.583. The lowest BCUT2D eigenvalue weighted by Crippen LogP contribution is -2.42. The summed E-state index contributed by atoms with van der Waals surface area (Å²) in [4.78, 5) is 25.2. The van der Waals surface area contributed by atoms with Gasteiger partial charge in [-0.15, -0.1) is 10.2 Å². The average molecular weight is 315 g/mol. The van der Waals surface area contributed by atoms with Gasteiger partial charge in [0.15, 0.2) is 0 Å². The highest BCUT2D eigenvalue weighted by atomic mass is 16.4. The van der Waals surface area contributed by atoms with Crippen molar-refractivity contribution >= 4 is 11.9 Å². The van der Waals surface area contributed by atoms with Gasteiger partial charge < -0.3 is 14.4 Å². The first-order chi connectivity index (χ1) is 11.0. The van der Waals surface area contributed by atoms with Crippen molar-refractivity contribution in [3.8, 4) is 11.5 Å². The Morgan fingerprint density at radius 2 is 2.00 bits per heavy atom. The van der Waals surface area contributed by atoms with Crippen LogP contribution >= 0.6 is 0 Å². The predicted octanol–water partition coefficient (Wildman–Crippen LogP) is 1.98. The summed E-state index contributed by atoms with van der Waals surface area (Å²) in [6.07, 6.45) is 1.33. The van der Waals surface area contributed by atoms with Crippen molar-refractivity contribution < 1.29 is 19.1 Å². The molecule has 1 amide bonds. The van der Waals surface area contributed by atoms with Gasteiger partial charge in [-0.1, -0.05) is 0 Å². The summed E-state index contributed by atoms with van der Waals surface area (Å²) in [7, 11) is 0. The summed E-state index contributed by atoms with van der Waals surface area (Å²) in [5.41, 5.74) is 1.26. The molecule has 2 aromatic rings. The zero-order valence-electron chi connectivity index (χ0n) is 12.7. The largest absolute Gasteiger partial charge is 0.481 e. The molecular formula is C16H17N3O4. The maximum Gasteiger partial charge on any atom is 0.308 e. The molecule has 120 valence electrons. The molecule has 7 heteroatoms. The number of benzene rings is 1. The molecule has 23 heavy (non-hydrogen) atoms. The van der Waals surface area contributed by atoms with E-state index in [1.165, 1.54) is 0 Å². The number of amides is 1. The minimum absolute atomic E-state index is 0.149. The third-order valence-corrected chi connectivity index (χ3v) is 3.96. The number of nitrogens with zero attached hydrogens (tertiary/aromatic N) is 3. The first-order valence-corrected chi connectivity index (χ1v) is 7.47. The lowest BCUT2D eigenvalue weighted by atomic mass is 9.97. The third kappa shape index (κ3) is 3.23. The molecule has 0 radical (unpaired) electrons. The minimum atomic E-state index is -0.843. The highest BCUT2D eigenvalue weighted by Gasteiger charge is 2.28. The molecule has 3 rings (SSSR count). The maximum atomic E-state index is 12.5. The van der Waals surface area contributed by atoms with Crippen molar-refractivity contribution in [1.29, 1.82) is 0 Å². The topological polar surface area (TPSA) is 96.5 Å². The van der Waals surface area contributed by atoms with Gasteiger partial charge in [-0.05, 0) is 37.1 Å². The van der Waals surface area contributed by atoms with Gasteiger partial charge >= 0.3 is 5.97 Å². The van der Waals surface area contributed by atoms with Gasteiger partial charge in [0.05, 0.1) is 5.92 Å². The number of aromatic nitrogens is 2. The Morgan fingerprint density at radius 1 is 1.26 bits per heavy atom. The van der Waals surface area contributed by atoms with Gasteiger partial charge in [-0.2, -0.15) is 0 Å². The van der Waals surface area contributed by atoms with Crippen molar-refractivity contribution in [2.45, 2.75) is 19.8 Å². The molecule has 1 saturated heterocycles. The van der Waals surface area contributed by atoms with E-state index in [1.54, 1.807) is 36.1 Å². The fourth-order valence-electron chi connectivity index (χ4n) is 2.71. The smallest absolute Gasteiger partial charge is 0.308 e. The number of rotatable bonds is 3. The van der Waals surface area contributed by atoms with Crippen molar-refractivity contribution in [3.63, 3.8) is 0 Å². The molecule has 2 heterocycles. The quantitative estimate of drug-likeness (QED) is 0.930. The number of hydrogen-bond donors (Lipinski definition) is 1.